The molecule has 1 saturated carbocycles. The molecule has 0 amide bonds. The van der Waals surface area contributed by atoms with Crippen LogP contribution in [-0.4, -0.2) is 12.1 Å². The van der Waals surface area contributed by atoms with Gasteiger partial charge in [-0.15, -0.1) is 0 Å². The minimum atomic E-state index is 0.399. The highest BCUT2D eigenvalue weighted by atomic mass is 15.1. The first-order valence-corrected chi connectivity index (χ1v) is 8.86. The van der Waals surface area contributed by atoms with Crippen molar-refractivity contribution in [1.82, 2.24) is 10.6 Å². The fourth-order valence-corrected chi connectivity index (χ4v) is 3.68. The number of hydrogen-bond donors (Lipinski definition) is 2. The highest BCUT2D eigenvalue weighted by Crippen LogP contribution is 2.25. The summed E-state index contributed by atoms with van der Waals surface area (Å²) in [6.45, 7) is 4.54. The van der Waals surface area contributed by atoms with E-state index in [0.29, 0.717) is 24.2 Å². The van der Waals surface area contributed by atoms with E-state index in [1.54, 1.807) is 0 Å². The van der Waals surface area contributed by atoms with Crippen molar-refractivity contribution in [2.24, 2.45) is 0 Å². The van der Waals surface area contributed by atoms with Gasteiger partial charge < -0.3 is 10.6 Å². The topological polar surface area (TPSA) is 24.1 Å². The summed E-state index contributed by atoms with van der Waals surface area (Å²) in [5.74, 6) is 0. The summed E-state index contributed by atoms with van der Waals surface area (Å²) in [5.41, 5.74) is 2.74. The van der Waals surface area contributed by atoms with E-state index in [4.69, 9.17) is 0 Å². The van der Waals surface area contributed by atoms with Gasteiger partial charge in [0.1, 0.15) is 0 Å². The van der Waals surface area contributed by atoms with Crippen LogP contribution in [0.5, 0.6) is 0 Å². The predicted molar refractivity (Wildman–Crippen MR) is 97.4 cm³/mol. The van der Waals surface area contributed by atoms with E-state index in [9.17, 15) is 0 Å². The Labute approximate surface area is 140 Å². The first kappa shape index (κ1) is 16.2. The Kier molecular flexibility index (Phi) is 5.47. The summed E-state index contributed by atoms with van der Waals surface area (Å²) in [6.07, 6.45) is 3.82. The molecule has 0 saturated heterocycles. The van der Waals surface area contributed by atoms with Crippen LogP contribution < -0.4 is 10.6 Å². The average molecular weight is 308 g/mol. The molecule has 0 heterocycles. The van der Waals surface area contributed by atoms with Gasteiger partial charge in [-0.3, -0.25) is 0 Å². The van der Waals surface area contributed by atoms with E-state index < -0.39 is 0 Å². The fourth-order valence-electron chi connectivity index (χ4n) is 3.68. The predicted octanol–water partition coefficient (Wildman–Crippen LogP) is 4.61. The third kappa shape index (κ3) is 4.21. The van der Waals surface area contributed by atoms with Crippen LogP contribution in [0.4, 0.5) is 0 Å². The minimum Gasteiger partial charge on any atom is -0.306 e. The molecule has 0 radical (unpaired) electrons. The molecule has 2 heteroatoms. The zero-order chi connectivity index (χ0) is 16.1. The molecule has 0 spiro atoms. The van der Waals surface area contributed by atoms with Gasteiger partial charge in [0.2, 0.25) is 0 Å². The molecule has 2 aromatic rings. The molecule has 3 rings (SSSR count). The summed E-state index contributed by atoms with van der Waals surface area (Å²) in [4.78, 5) is 0. The van der Waals surface area contributed by atoms with Gasteiger partial charge in [0.15, 0.2) is 0 Å². The molecule has 2 N–H and O–H groups in total. The van der Waals surface area contributed by atoms with E-state index in [0.717, 1.165) is 0 Å². The molecule has 122 valence electrons. The van der Waals surface area contributed by atoms with Gasteiger partial charge in [0.05, 0.1) is 0 Å². The van der Waals surface area contributed by atoms with Gasteiger partial charge in [-0.2, -0.15) is 0 Å². The van der Waals surface area contributed by atoms with Crippen molar-refractivity contribution in [2.75, 3.05) is 0 Å². The van der Waals surface area contributed by atoms with Crippen molar-refractivity contribution in [3.63, 3.8) is 0 Å². The van der Waals surface area contributed by atoms with Gasteiger partial charge in [0.25, 0.3) is 0 Å². The van der Waals surface area contributed by atoms with Crippen LogP contribution in [0, 0.1) is 0 Å². The van der Waals surface area contributed by atoms with Crippen LogP contribution in [0.1, 0.15) is 56.3 Å². The first-order chi connectivity index (χ1) is 11.2. The molecule has 0 aliphatic heterocycles. The lowest BCUT2D eigenvalue weighted by Crippen LogP contribution is -2.45. The second-order valence-electron chi connectivity index (χ2n) is 6.74. The quantitative estimate of drug-likeness (QED) is 0.814. The average Bonchev–Trinajstić information content (AvgIpc) is 3.03. The largest absolute Gasteiger partial charge is 0.306 e. The normalized spacial score (nSPS) is 23.6. The van der Waals surface area contributed by atoms with Crippen LogP contribution >= 0.6 is 0 Å². The lowest BCUT2D eigenvalue weighted by atomic mass is 10.0. The highest BCUT2D eigenvalue weighted by Gasteiger charge is 2.29. The molecule has 0 bridgehead atoms. The van der Waals surface area contributed by atoms with Crippen LogP contribution in [0.2, 0.25) is 0 Å². The van der Waals surface area contributed by atoms with Gasteiger partial charge in [-0.1, -0.05) is 67.1 Å². The Morgan fingerprint density at radius 3 is 1.48 bits per heavy atom. The molecule has 2 aromatic carbocycles. The van der Waals surface area contributed by atoms with Gasteiger partial charge >= 0.3 is 0 Å². The van der Waals surface area contributed by atoms with E-state index in [-0.39, 0.29) is 0 Å². The summed E-state index contributed by atoms with van der Waals surface area (Å²) >= 11 is 0. The molecule has 0 unspecified atom stereocenters. The number of rotatable bonds is 6. The molecule has 1 fully saturated rings. The molecule has 4 atom stereocenters. The maximum absolute atomic E-state index is 3.84. The Morgan fingerprint density at radius 1 is 0.696 bits per heavy atom. The monoisotopic (exact) mass is 308 g/mol. The summed E-state index contributed by atoms with van der Waals surface area (Å²) in [6, 6.07) is 23.4. The van der Waals surface area contributed by atoms with Crippen LogP contribution in [-0.2, 0) is 0 Å². The fraction of sp³-hybridized carbons (Fsp3) is 0.429. The standard InChI is InChI=1S/C21H28N2/c1-16(18-10-5-3-6-11-18)22-20-14-9-15-21(20)23-17(2)19-12-7-4-8-13-19/h3-8,10-13,16-17,20-23H,9,14-15H2,1-2H3/t16-,17-,20+,21+/m0/s1. The highest BCUT2D eigenvalue weighted by molar-refractivity contribution is 5.20. The lowest BCUT2D eigenvalue weighted by molar-refractivity contribution is 0.356. The molecule has 1 aliphatic rings. The Balaban J connectivity index is 1.59. The van der Waals surface area contributed by atoms with E-state index in [2.05, 4.69) is 85.1 Å². The molecule has 23 heavy (non-hydrogen) atoms. The molecule has 2 nitrogen and oxygen atoms in total. The summed E-state index contributed by atoms with van der Waals surface area (Å²) in [5, 5.41) is 7.68. The Morgan fingerprint density at radius 2 is 1.09 bits per heavy atom. The Hall–Kier alpha value is -1.64. The van der Waals surface area contributed by atoms with Crippen molar-refractivity contribution in [1.29, 1.82) is 0 Å². The van der Waals surface area contributed by atoms with Crippen LogP contribution in [0.3, 0.4) is 0 Å². The number of benzene rings is 2. The van der Waals surface area contributed by atoms with E-state index in [1.165, 1.54) is 30.4 Å². The molecular formula is C21H28N2. The smallest absolute Gasteiger partial charge is 0.0295 e. The second kappa shape index (κ2) is 7.76. The Bertz CT molecular complexity index is 528. The number of hydrogen-bond acceptors (Lipinski definition) is 2. The summed E-state index contributed by atoms with van der Waals surface area (Å²) in [7, 11) is 0. The lowest BCUT2D eigenvalue weighted by Gasteiger charge is -2.29. The van der Waals surface area contributed by atoms with E-state index in [1.807, 2.05) is 0 Å². The molecule has 0 aromatic heterocycles. The second-order valence-corrected chi connectivity index (χ2v) is 6.74. The number of nitrogens with one attached hydrogen (secondary N) is 2. The SMILES string of the molecule is C[C@H](N[C@@H]1CCC[C@H]1N[C@@H](C)c1ccccc1)c1ccccc1. The van der Waals surface area contributed by atoms with E-state index >= 15 is 0 Å². The van der Waals surface area contributed by atoms with Crippen molar-refractivity contribution in [3.8, 4) is 0 Å². The van der Waals surface area contributed by atoms with Gasteiger partial charge in [-0.25, -0.2) is 0 Å². The molecule has 1 aliphatic carbocycles. The van der Waals surface area contributed by atoms with Gasteiger partial charge in [-0.05, 0) is 37.8 Å². The maximum atomic E-state index is 3.84. The summed E-state index contributed by atoms with van der Waals surface area (Å²) < 4.78 is 0. The maximum Gasteiger partial charge on any atom is 0.0295 e. The first-order valence-electron chi connectivity index (χ1n) is 8.86. The van der Waals surface area contributed by atoms with Gasteiger partial charge in [0, 0.05) is 24.2 Å². The van der Waals surface area contributed by atoms with Crippen molar-refractivity contribution in [3.05, 3.63) is 71.8 Å². The zero-order valence-corrected chi connectivity index (χ0v) is 14.2. The van der Waals surface area contributed by atoms with Crippen LogP contribution in [0.25, 0.3) is 0 Å². The van der Waals surface area contributed by atoms with Crippen LogP contribution in [0.15, 0.2) is 60.7 Å². The van der Waals surface area contributed by atoms with Crippen molar-refractivity contribution in [2.45, 2.75) is 57.3 Å². The molecular weight excluding hydrogens is 280 g/mol. The van der Waals surface area contributed by atoms with Crippen molar-refractivity contribution < 1.29 is 0 Å². The van der Waals surface area contributed by atoms with Crippen molar-refractivity contribution >= 4 is 0 Å². The third-order valence-corrected chi connectivity index (χ3v) is 5.04. The minimum absolute atomic E-state index is 0.399. The third-order valence-electron chi connectivity index (χ3n) is 5.04. The zero-order valence-electron chi connectivity index (χ0n) is 14.2.